The van der Waals surface area contributed by atoms with Gasteiger partial charge in [-0.2, -0.15) is 0 Å². The maximum Gasteiger partial charge on any atom is 0.410 e. The number of carbonyl (C=O) groups excluding carboxylic acids is 1. The van der Waals surface area contributed by atoms with Gasteiger partial charge in [0.05, 0.1) is 14.5 Å². The highest BCUT2D eigenvalue weighted by atomic mass is 28.4. The van der Waals surface area contributed by atoms with E-state index in [0.29, 0.717) is 12.5 Å². The summed E-state index contributed by atoms with van der Waals surface area (Å²) in [5.41, 5.74) is -0.465. The molecule has 0 aromatic carbocycles. The molecule has 0 saturated carbocycles. The van der Waals surface area contributed by atoms with Crippen molar-refractivity contribution in [3.05, 3.63) is 0 Å². The van der Waals surface area contributed by atoms with Crippen LogP contribution in [0.25, 0.3) is 0 Å². The molecule has 5 nitrogen and oxygen atoms in total. The van der Waals surface area contributed by atoms with Crippen LogP contribution in [0.5, 0.6) is 0 Å². The maximum absolute atomic E-state index is 12.9. The molecule has 0 N–H and O–H groups in total. The van der Waals surface area contributed by atoms with E-state index in [1.165, 1.54) is 0 Å². The summed E-state index contributed by atoms with van der Waals surface area (Å²) in [7, 11) is 0.322. The molecule has 0 spiro atoms. The van der Waals surface area contributed by atoms with Crippen LogP contribution in [0.1, 0.15) is 60.8 Å². The number of amides is 1. The lowest BCUT2D eigenvalue weighted by atomic mass is 9.88. The molecule has 0 radical (unpaired) electrons. The van der Waals surface area contributed by atoms with Crippen LogP contribution in [0.15, 0.2) is 0 Å². The van der Waals surface area contributed by atoms with Gasteiger partial charge in [0.15, 0.2) is 8.32 Å². The lowest BCUT2D eigenvalue weighted by Crippen LogP contribution is -2.46. The fraction of sp³-hybridized carbons (Fsp3) is 0.952. The molecule has 2 aliphatic heterocycles. The highest BCUT2D eigenvalue weighted by Crippen LogP contribution is 2.40. The average molecular weight is 413 g/mol. The van der Waals surface area contributed by atoms with Crippen LogP contribution in [0.2, 0.25) is 18.1 Å². The van der Waals surface area contributed by atoms with Crippen LogP contribution in [0.3, 0.4) is 0 Å². The fourth-order valence-corrected chi connectivity index (χ4v) is 5.25. The van der Waals surface area contributed by atoms with Crippen LogP contribution >= 0.6 is 0 Å². The second kappa shape index (κ2) is 9.09. The summed E-state index contributed by atoms with van der Waals surface area (Å²) in [6, 6.07) is 0.239. The first-order valence-corrected chi connectivity index (χ1v) is 13.5. The van der Waals surface area contributed by atoms with Crippen molar-refractivity contribution in [1.82, 2.24) is 9.80 Å². The molecule has 0 bridgehead atoms. The molecule has 164 valence electrons. The van der Waals surface area contributed by atoms with Crippen molar-refractivity contribution >= 4 is 22.8 Å². The number of nitrogens with zero attached hydrogens (tertiary/aromatic N) is 2. The van der Waals surface area contributed by atoms with Crippen molar-refractivity contribution in [2.45, 2.75) is 96.7 Å². The zero-order valence-electron chi connectivity index (χ0n) is 19.1. The minimum Gasteiger partial charge on any atom is -0.444 e. The Morgan fingerprint density at radius 3 is 2.04 bits per heavy atom. The first kappa shape index (κ1) is 25.5. The topological polar surface area (TPSA) is 42.0 Å². The summed E-state index contributed by atoms with van der Waals surface area (Å²) >= 11 is 0. The van der Waals surface area contributed by atoms with E-state index in [-0.39, 0.29) is 31.7 Å². The first-order valence-electron chi connectivity index (χ1n) is 10.6. The number of hydrogen-bond donors (Lipinski definition) is 0. The summed E-state index contributed by atoms with van der Waals surface area (Å²) in [5, 5.41) is 0.176. The average Bonchev–Trinajstić information content (AvgIpc) is 2.88. The summed E-state index contributed by atoms with van der Waals surface area (Å²) in [5.74, 6) is 0.543. The molecule has 0 aromatic heterocycles. The Bertz CT molecular complexity index is 523. The Morgan fingerprint density at radius 2 is 1.57 bits per heavy atom. The Morgan fingerprint density at radius 1 is 1.04 bits per heavy atom. The molecule has 7 heteroatoms. The van der Waals surface area contributed by atoms with Crippen molar-refractivity contribution in [2.75, 3.05) is 26.7 Å². The molecule has 28 heavy (non-hydrogen) atoms. The van der Waals surface area contributed by atoms with E-state index in [2.05, 4.69) is 45.8 Å². The zero-order chi connectivity index (χ0) is 20.6. The highest BCUT2D eigenvalue weighted by Gasteiger charge is 2.46. The van der Waals surface area contributed by atoms with E-state index in [1.807, 2.05) is 25.7 Å². The first-order chi connectivity index (χ1) is 12.2. The van der Waals surface area contributed by atoms with E-state index in [4.69, 9.17) is 9.16 Å². The third-order valence-corrected chi connectivity index (χ3v) is 11.0. The second-order valence-corrected chi connectivity index (χ2v) is 15.8. The van der Waals surface area contributed by atoms with Gasteiger partial charge in [-0.1, -0.05) is 20.8 Å². The predicted molar refractivity (Wildman–Crippen MR) is 124 cm³/mol. The molecule has 2 fully saturated rings. The van der Waals surface area contributed by atoms with Crippen LogP contribution in [0, 0.1) is 5.92 Å². The molecule has 2 heterocycles. The van der Waals surface area contributed by atoms with E-state index >= 15 is 0 Å². The van der Waals surface area contributed by atoms with Gasteiger partial charge in [-0.25, -0.2) is 4.79 Å². The molecular weight excluding hydrogens is 367 g/mol. The van der Waals surface area contributed by atoms with Gasteiger partial charge >= 0.3 is 6.09 Å². The summed E-state index contributed by atoms with van der Waals surface area (Å²) in [6.45, 7) is 20.1. The van der Waals surface area contributed by atoms with Crippen molar-refractivity contribution in [2.24, 2.45) is 5.92 Å². The minimum atomic E-state index is -1.86. The van der Waals surface area contributed by atoms with Crippen molar-refractivity contribution in [1.29, 1.82) is 0 Å². The van der Waals surface area contributed by atoms with Crippen LogP contribution in [-0.2, 0) is 9.16 Å². The van der Waals surface area contributed by atoms with E-state index < -0.39 is 13.9 Å². The predicted octanol–water partition coefficient (Wildman–Crippen LogP) is 3.54. The van der Waals surface area contributed by atoms with Gasteiger partial charge < -0.3 is 19.0 Å². The minimum absolute atomic E-state index is 0. The van der Waals surface area contributed by atoms with Gasteiger partial charge in [0, 0.05) is 12.6 Å². The van der Waals surface area contributed by atoms with Gasteiger partial charge in [-0.15, -0.1) is 0 Å². The van der Waals surface area contributed by atoms with Gasteiger partial charge in [-0.05, 0) is 84.2 Å². The molecule has 2 rings (SSSR count). The molecule has 1 amide bonds. The standard InChI is InChI=1S/C21H42N2O3Si.BH3/c1-20(2,3)25-19(24)23-15-17(26-27(8,9)21(4,5)6)14-18(23)16-10-12-22(7)13-11-16;/h16-18H,10-15H2,1-9H3;1H3/t17-,18+;/m1./s1. The van der Waals surface area contributed by atoms with Crippen molar-refractivity contribution in [3.8, 4) is 0 Å². The SMILES string of the molecule is B.CN1CCC([C@@H]2C[C@@H](O[Si](C)(C)C(C)(C)C)CN2C(=O)OC(C)(C)C)CC1. The Kier molecular flexibility index (Phi) is 8.28. The van der Waals surface area contributed by atoms with E-state index in [0.717, 1.165) is 32.4 Å². The number of piperidine rings is 1. The lowest BCUT2D eigenvalue weighted by Gasteiger charge is -2.38. The maximum atomic E-state index is 12.9. The molecule has 2 aliphatic rings. The van der Waals surface area contributed by atoms with E-state index in [9.17, 15) is 4.79 Å². The number of likely N-dealkylation sites (tertiary alicyclic amines) is 2. The molecule has 2 atom stereocenters. The molecule has 0 unspecified atom stereocenters. The number of hydrogen-bond acceptors (Lipinski definition) is 4. The quantitative estimate of drug-likeness (QED) is 0.665. The summed E-state index contributed by atoms with van der Waals surface area (Å²) < 4.78 is 12.4. The number of rotatable bonds is 3. The molecule has 0 aromatic rings. The smallest absolute Gasteiger partial charge is 0.410 e. The van der Waals surface area contributed by atoms with Crippen LogP contribution in [0.4, 0.5) is 4.79 Å². The lowest BCUT2D eigenvalue weighted by molar-refractivity contribution is 0.0131. The zero-order valence-corrected chi connectivity index (χ0v) is 20.1. The Hall–Kier alpha value is -0.528. The second-order valence-electron chi connectivity index (χ2n) is 11.1. The van der Waals surface area contributed by atoms with Crippen molar-refractivity contribution in [3.63, 3.8) is 0 Å². The van der Waals surface area contributed by atoms with Crippen LogP contribution in [-0.4, -0.2) is 77.1 Å². The summed E-state index contributed by atoms with van der Waals surface area (Å²) in [4.78, 5) is 17.3. The number of carbonyl (C=O) groups is 1. The monoisotopic (exact) mass is 412 g/mol. The molecular formula is C21H45BN2O3Si. The normalized spacial score (nSPS) is 25.5. The van der Waals surface area contributed by atoms with Gasteiger partial charge in [-0.3, -0.25) is 0 Å². The third-order valence-electron chi connectivity index (χ3n) is 6.51. The fourth-order valence-electron chi connectivity index (χ4n) is 3.90. The number of ether oxygens (including phenoxy) is 1. The summed E-state index contributed by atoms with van der Waals surface area (Å²) in [6.07, 6.45) is 3.19. The Balaban J connectivity index is 0.00000392. The highest BCUT2D eigenvalue weighted by molar-refractivity contribution is 6.74. The third kappa shape index (κ3) is 6.49. The van der Waals surface area contributed by atoms with Gasteiger partial charge in [0.2, 0.25) is 0 Å². The van der Waals surface area contributed by atoms with E-state index in [1.54, 1.807) is 0 Å². The van der Waals surface area contributed by atoms with Gasteiger partial charge in [0.1, 0.15) is 5.60 Å². The Labute approximate surface area is 176 Å². The molecule has 2 saturated heterocycles. The van der Waals surface area contributed by atoms with Gasteiger partial charge in [0.25, 0.3) is 0 Å². The van der Waals surface area contributed by atoms with Crippen LogP contribution < -0.4 is 0 Å². The molecule has 0 aliphatic carbocycles. The largest absolute Gasteiger partial charge is 0.444 e. The van der Waals surface area contributed by atoms with Crippen molar-refractivity contribution < 1.29 is 14.0 Å².